The summed E-state index contributed by atoms with van der Waals surface area (Å²) < 4.78 is 37.6. The molecule has 2 nitrogen and oxygen atoms in total. The van der Waals surface area contributed by atoms with Crippen LogP contribution in [0.2, 0.25) is 0 Å². The number of halogens is 3. The summed E-state index contributed by atoms with van der Waals surface area (Å²) in [6.45, 7) is 1.87. The maximum Gasteiger partial charge on any atom is 0.416 e. The zero-order valence-corrected chi connectivity index (χ0v) is 10.3. The van der Waals surface area contributed by atoms with E-state index in [1.807, 2.05) is 19.1 Å². The van der Waals surface area contributed by atoms with Crippen LogP contribution in [0.5, 0.6) is 0 Å². The van der Waals surface area contributed by atoms with E-state index in [0.29, 0.717) is 10.9 Å². The molecule has 5 heteroatoms. The van der Waals surface area contributed by atoms with Crippen LogP contribution in [0, 0.1) is 6.92 Å². The normalized spacial score (nSPS) is 15.5. The van der Waals surface area contributed by atoms with Crippen LogP contribution in [-0.4, -0.2) is 17.4 Å². The zero-order chi connectivity index (χ0) is 14.2. The van der Waals surface area contributed by atoms with E-state index in [9.17, 15) is 18.3 Å². The van der Waals surface area contributed by atoms with E-state index in [4.69, 9.17) is 5.73 Å². The number of nitrogens with two attached hydrogens (primary N) is 1. The van der Waals surface area contributed by atoms with Gasteiger partial charge in [0.1, 0.15) is 0 Å². The smallest absolute Gasteiger partial charge is 0.382 e. The van der Waals surface area contributed by atoms with Gasteiger partial charge in [0.05, 0.1) is 6.04 Å². The van der Waals surface area contributed by atoms with Crippen molar-refractivity contribution < 1.29 is 18.3 Å². The van der Waals surface area contributed by atoms with Crippen molar-refractivity contribution in [2.45, 2.75) is 25.2 Å². The van der Waals surface area contributed by atoms with Crippen LogP contribution in [0.4, 0.5) is 13.2 Å². The van der Waals surface area contributed by atoms with Crippen molar-refractivity contribution in [2.24, 2.45) is 5.73 Å². The number of benzene rings is 2. The first kappa shape index (κ1) is 13.8. The molecule has 19 heavy (non-hydrogen) atoms. The molecular formula is C14H14F3NO. The summed E-state index contributed by atoms with van der Waals surface area (Å²) in [5.74, 6) is 0. The number of fused-ring (bicyclic) bond motifs is 1. The molecule has 2 atom stereocenters. The SMILES string of the molecule is Cc1ccc([C@H](N)[C@H](O)C(F)(F)F)c2ccccc12. The first-order valence-corrected chi connectivity index (χ1v) is 5.81. The molecule has 0 fully saturated rings. The van der Waals surface area contributed by atoms with Crippen LogP contribution in [0.3, 0.4) is 0 Å². The summed E-state index contributed by atoms with van der Waals surface area (Å²) in [4.78, 5) is 0. The van der Waals surface area contributed by atoms with Gasteiger partial charge >= 0.3 is 6.18 Å². The Labute approximate surface area is 108 Å². The van der Waals surface area contributed by atoms with Gasteiger partial charge in [-0.1, -0.05) is 36.4 Å². The van der Waals surface area contributed by atoms with Gasteiger partial charge in [0.15, 0.2) is 6.10 Å². The third-order valence-electron chi connectivity index (χ3n) is 3.21. The molecular weight excluding hydrogens is 255 g/mol. The molecule has 2 aromatic carbocycles. The molecule has 0 aliphatic rings. The maximum atomic E-state index is 12.5. The van der Waals surface area contributed by atoms with Gasteiger partial charge < -0.3 is 10.8 Å². The number of aryl methyl sites for hydroxylation is 1. The third kappa shape index (κ3) is 2.57. The average molecular weight is 269 g/mol. The van der Waals surface area contributed by atoms with Gasteiger partial charge in [-0.15, -0.1) is 0 Å². The fourth-order valence-electron chi connectivity index (χ4n) is 2.14. The molecule has 0 radical (unpaired) electrons. The Morgan fingerprint density at radius 2 is 1.63 bits per heavy atom. The molecule has 0 aliphatic carbocycles. The lowest BCUT2D eigenvalue weighted by atomic mass is 9.93. The number of hydrogen-bond donors (Lipinski definition) is 2. The minimum Gasteiger partial charge on any atom is -0.382 e. The summed E-state index contributed by atoms with van der Waals surface area (Å²) in [5, 5.41) is 10.8. The van der Waals surface area contributed by atoms with E-state index in [1.54, 1.807) is 18.2 Å². The van der Waals surface area contributed by atoms with Crippen molar-refractivity contribution in [2.75, 3.05) is 0 Å². The Morgan fingerprint density at radius 1 is 1.05 bits per heavy atom. The van der Waals surface area contributed by atoms with Crippen LogP contribution in [0.1, 0.15) is 17.2 Å². The van der Waals surface area contributed by atoms with Crippen LogP contribution >= 0.6 is 0 Å². The number of rotatable bonds is 2. The van der Waals surface area contributed by atoms with E-state index < -0.39 is 18.3 Å². The third-order valence-corrected chi connectivity index (χ3v) is 3.21. The van der Waals surface area contributed by atoms with Gasteiger partial charge in [-0.05, 0) is 28.8 Å². The second-order valence-electron chi connectivity index (χ2n) is 4.53. The van der Waals surface area contributed by atoms with Gasteiger partial charge in [-0.25, -0.2) is 0 Å². The molecule has 0 amide bonds. The lowest BCUT2D eigenvalue weighted by molar-refractivity contribution is -0.210. The van der Waals surface area contributed by atoms with E-state index in [0.717, 1.165) is 10.9 Å². The van der Waals surface area contributed by atoms with E-state index in [1.165, 1.54) is 6.07 Å². The highest BCUT2D eigenvalue weighted by molar-refractivity contribution is 5.89. The van der Waals surface area contributed by atoms with E-state index >= 15 is 0 Å². The second kappa shape index (κ2) is 4.83. The summed E-state index contributed by atoms with van der Waals surface area (Å²) in [6.07, 6.45) is -7.30. The maximum absolute atomic E-state index is 12.5. The second-order valence-corrected chi connectivity index (χ2v) is 4.53. The summed E-state index contributed by atoms with van der Waals surface area (Å²) >= 11 is 0. The minimum atomic E-state index is -4.73. The molecule has 0 spiro atoms. The van der Waals surface area contributed by atoms with Crippen LogP contribution in [0.25, 0.3) is 10.8 Å². The Hall–Kier alpha value is -1.59. The Morgan fingerprint density at radius 3 is 2.21 bits per heavy atom. The lowest BCUT2D eigenvalue weighted by Crippen LogP contribution is -2.38. The highest BCUT2D eigenvalue weighted by Crippen LogP contribution is 2.33. The standard InChI is InChI=1S/C14H14F3NO/c1-8-6-7-11(10-5-3-2-4-9(8)10)12(18)13(19)14(15,16)17/h2-7,12-13,19H,18H2,1H3/t12-,13-/m0/s1. The molecule has 0 aromatic heterocycles. The average Bonchev–Trinajstić information content (AvgIpc) is 2.37. The molecule has 0 unspecified atom stereocenters. The van der Waals surface area contributed by atoms with Gasteiger partial charge in [0.25, 0.3) is 0 Å². The topological polar surface area (TPSA) is 46.2 Å². The van der Waals surface area contributed by atoms with Crippen molar-refractivity contribution in [3.63, 3.8) is 0 Å². The molecule has 0 bridgehead atoms. The molecule has 0 aliphatic heterocycles. The first-order valence-electron chi connectivity index (χ1n) is 5.81. The lowest BCUT2D eigenvalue weighted by Gasteiger charge is -2.23. The highest BCUT2D eigenvalue weighted by atomic mass is 19.4. The first-order chi connectivity index (χ1) is 8.82. The summed E-state index contributed by atoms with van der Waals surface area (Å²) in [6, 6.07) is 8.83. The number of aliphatic hydroxyl groups excluding tert-OH is 1. The molecule has 0 saturated carbocycles. The molecule has 2 rings (SSSR count). The highest BCUT2D eigenvalue weighted by Gasteiger charge is 2.43. The summed E-state index contributed by atoms with van der Waals surface area (Å²) in [7, 11) is 0. The fraction of sp³-hybridized carbons (Fsp3) is 0.286. The van der Waals surface area contributed by atoms with Crippen LogP contribution < -0.4 is 5.73 Å². The number of aliphatic hydroxyl groups is 1. The number of alkyl halides is 3. The Balaban J connectivity index is 2.55. The minimum absolute atomic E-state index is 0.297. The molecule has 0 heterocycles. The van der Waals surface area contributed by atoms with E-state index in [-0.39, 0.29) is 0 Å². The predicted octanol–water partition coefficient (Wildman–Crippen LogP) is 3.07. The van der Waals surface area contributed by atoms with Crippen molar-refractivity contribution in [3.8, 4) is 0 Å². The number of hydrogen-bond acceptors (Lipinski definition) is 2. The van der Waals surface area contributed by atoms with Crippen molar-refractivity contribution in [3.05, 3.63) is 47.5 Å². The largest absolute Gasteiger partial charge is 0.416 e. The quantitative estimate of drug-likeness (QED) is 0.880. The van der Waals surface area contributed by atoms with Crippen LogP contribution in [-0.2, 0) is 0 Å². The van der Waals surface area contributed by atoms with Gasteiger partial charge in [0.2, 0.25) is 0 Å². The predicted molar refractivity (Wildman–Crippen MR) is 67.7 cm³/mol. The zero-order valence-electron chi connectivity index (χ0n) is 10.3. The van der Waals surface area contributed by atoms with Crippen LogP contribution in [0.15, 0.2) is 36.4 Å². The van der Waals surface area contributed by atoms with Gasteiger partial charge in [-0.3, -0.25) is 0 Å². The summed E-state index contributed by atoms with van der Waals surface area (Å²) in [5.41, 5.74) is 6.82. The molecule has 0 saturated heterocycles. The Kier molecular flexibility index (Phi) is 3.52. The monoisotopic (exact) mass is 269 g/mol. The molecule has 3 N–H and O–H groups in total. The molecule has 102 valence electrons. The molecule has 2 aromatic rings. The van der Waals surface area contributed by atoms with E-state index in [2.05, 4.69) is 0 Å². The van der Waals surface area contributed by atoms with Gasteiger partial charge in [0, 0.05) is 0 Å². The Bertz CT molecular complexity index is 595. The fourth-order valence-corrected chi connectivity index (χ4v) is 2.14. The van der Waals surface area contributed by atoms with Crippen molar-refractivity contribution in [1.29, 1.82) is 0 Å². The van der Waals surface area contributed by atoms with Gasteiger partial charge in [-0.2, -0.15) is 13.2 Å². The van der Waals surface area contributed by atoms with Crippen molar-refractivity contribution >= 4 is 10.8 Å². The van der Waals surface area contributed by atoms with Crippen molar-refractivity contribution in [1.82, 2.24) is 0 Å².